The Labute approximate surface area is 88.4 Å². The minimum absolute atomic E-state index is 0.107. The normalized spacial score (nSPS) is 20.7. The van der Waals surface area contributed by atoms with Crippen molar-refractivity contribution in [3.8, 4) is 0 Å². The number of tetrazole rings is 1. The van der Waals surface area contributed by atoms with Crippen LogP contribution in [0.5, 0.6) is 0 Å². The summed E-state index contributed by atoms with van der Waals surface area (Å²) >= 11 is 0. The van der Waals surface area contributed by atoms with Gasteiger partial charge in [-0.25, -0.2) is 0 Å². The molecule has 1 unspecified atom stereocenters. The maximum absolute atomic E-state index is 5.95. The lowest BCUT2D eigenvalue weighted by Crippen LogP contribution is -2.22. The molecule has 6 heteroatoms. The minimum atomic E-state index is -0.107. The fraction of sp³-hybridized carbons (Fsp3) is 0.778. The number of hydrogen-bond donors (Lipinski definition) is 2. The molecule has 82 valence electrons. The Kier molecular flexibility index (Phi) is 2.94. The van der Waals surface area contributed by atoms with E-state index in [0.717, 1.165) is 18.7 Å². The van der Waals surface area contributed by atoms with Crippen molar-refractivity contribution in [2.45, 2.75) is 38.6 Å². The third-order valence-corrected chi connectivity index (χ3v) is 2.85. The van der Waals surface area contributed by atoms with Gasteiger partial charge in [0.15, 0.2) is 5.82 Å². The molecule has 1 atom stereocenters. The highest BCUT2D eigenvalue weighted by Crippen LogP contribution is 2.25. The first-order valence-electron chi connectivity index (χ1n) is 5.34. The zero-order chi connectivity index (χ0) is 10.7. The first kappa shape index (κ1) is 10.1. The van der Waals surface area contributed by atoms with Gasteiger partial charge >= 0.3 is 0 Å². The number of aliphatic imine (C=N–C) groups is 1. The number of H-pyrrole nitrogens is 1. The van der Waals surface area contributed by atoms with E-state index in [-0.39, 0.29) is 6.04 Å². The molecule has 1 aromatic rings. The molecule has 0 aliphatic heterocycles. The van der Waals surface area contributed by atoms with E-state index in [1.165, 1.54) is 12.8 Å². The third kappa shape index (κ3) is 2.31. The molecule has 0 aromatic carbocycles. The van der Waals surface area contributed by atoms with Crippen LogP contribution in [0.25, 0.3) is 0 Å². The number of nitrogens with one attached hydrogen (secondary N) is 1. The number of aromatic amines is 1. The van der Waals surface area contributed by atoms with Crippen LogP contribution in [0.2, 0.25) is 0 Å². The van der Waals surface area contributed by atoms with Crippen molar-refractivity contribution >= 4 is 5.84 Å². The SMILES string of the molecule is CC(N=C(N)C1CCCC1)c1nn[nH]n1. The molecule has 1 saturated carbocycles. The van der Waals surface area contributed by atoms with Gasteiger partial charge in [-0.05, 0) is 19.8 Å². The van der Waals surface area contributed by atoms with Gasteiger partial charge < -0.3 is 5.73 Å². The molecule has 6 nitrogen and oxygen atoms in total. The molecular formula is C9H16N6. The predicted octanol–water partition coefficient (Wildman–Crippen LogP) is 0.808. The van der Waals surface area contributed by atoms with E-state index < -0.39 is 0 Å². The number of amidine groups is 1. The summed E-state index contributed by atoms with van der Waals surface area (Å²) in [6.45, 7) is 1.92. The maximum Gasteiger partial charge on any atom is 0.198 e. The van der Waals surface area contributed by atoms with E-state index in [9.17, 15) is 0 Å². The number of nitrogens with zero attached hydrogens (tertiary/aromatic N) is 4. The number of nitrogens with two attached hydrogens (primary N) is 1. The molecule has 0 amide bonds. The van der Waals surface area contributed by atoms with Gasteiger partial charge in [0.1, 0.15) is 6.04 Å². The van der Waals surface area contributed by atoms with Gasteiger partial charge in [0.05, 0.1) is 5.84 Å². The first-order valence-corrected chi connectivity index (χ1v) is 5.34. The van der Waals surface area contributed by atoms with E-state index in [1.807, 2.05) is 6.92 Å². The van der Waals surface area contributed by atoms with Crippen molar-refractivity contribution < 1.29 is 0 Å². The Morgan fingerprint density at radius 3 is 2.87 bits per heavy atom. The molecule has 1 heterocycles. The fourth-order valence-corrected chi connectivity index (χ4v) is 1.95. The van der Waals surface area contributed by atoms with Crippen LogP contribution in [0, 0.1) is 5.92 Å². The summed E-state index contributed by atoms with van der Waals surface area (Å²) in [4.78, 5) is 4.41. The van der Waals surface area contributed by atoms with E-state index in [2.05, 4.69) is 25.6 Å². The lowest BCUT2D eigenvalue weighted by Gasteiger charge is -2.09. The Bertz CT molecular complexity index is 324. The summed E-state index contributed by atoms with van der Waals surface area (Å²) in [7, 11) is 0. The first-order chi connectivity index (χ1) is 7.27. The van der Waals surface area contributed by atoms with Gasteiger partial charge in [-0.2, -0.15) is 5.21 Å². The second kappa shape index (κ2) is 4.37. The molecular weight excluding hydrogens is 192 g/mol. The van der Waals surface area contributed by atoms with Gasteiger partial charge in [-0.3, -0.25) is 4.99 Å². The quantitative estimate of drug-likeness (QED) is 0.567. The molecule has 3 N–H and O–H groups in total. The van der Waals surface area contributed by atoms with Crippen molar-refractivity contribution in [1.82, 2.24) is 20.6 Å². The van der Waals surface area contributed by atoms with E-state index in [4.69, 9.17) is 5.73 Å². The molecule has 2 rings (SSSR count). The van der Waals surface area contributed by atoms with Crippen LogP contribution in [-0.4, -0.2) is 26.5 Å². The molecule has 1 fully saturated rings. The highest BCUT2D eigenvalue weighted by molar-refractivity contribution is 5.83. The van der Waals surface area contributed by atoms with E-state index in [1.54, 1.807) is 0 Å². The zero-order valence-electron chi connectivity index (χ0n) is 8.85. The van der Waals surface area contributed by atoms with Crippen LogP contribution < -0.4 is 5.73 Å². The van der Waals surface area contributed by atoms with Crippen molar-refractivity contribution in [2.24, 2.45) is 16.6 Å². The highest BCUT2D eigenvalue weighted by atomic mass is 15.5. The topological polar surface area (TPSA) is 92.8 Å². The second-order valence-electron chi connectivity index (χ2n) is 3.98. The summed E-state index contributed by atoms with van der Waals surface area (Å²) in [5.41, 5.74) is 5.95. The zero-order valence-corrected chi connectivity index (χ0v) is 8.85. The summed E-state index contributed by atoms with van der Waals surface area (Å²) in [5, 5.41) is 13.7. The monoisotopic (exact) mass is 208 g/mol. The molecule has 1 aliphatic rings. The molecule has 0 radical (unpaired) electrons. The Balaban J connectivity index is 2.02. The van der Waals surface area contributed by atoms with Crippen LogP contribution in [0.15, 0.2) is 4.99 Å². The average molecular weight is 208 g/mol. The summed E-state index contributed by atoms with van der Waals surface area (Å²) in [6, 6.07) is -0.107. The fourth-order valence-electron chi connectivity index (χ4n) is 1.95. The van der Waals surface area contributed by atoms with E-state index >= 15 is 0 Å². The van der Waals surface area contributed by atoms with Gasteiger partial charge in [0.2, 0.25) is 0 Å². The number of rotatable bonds is 3. The smallest absolute Gasteiger partial charge is 0.198 e. The maximum atomic E-state index is 5.95. The number of hydrogen-bond acceptors (Lipinski definition) is 4. The predicted molar refractivity (Wildman–Crippen MR) is 56.2 cm³/mol. The third-order valence-electron chi connectivity index (χ3n) is 2.85. The Hall–Kier alpha value is -1.46. The molecule has 15 heavy (non-hydrogen) atoms. The Morgan fingerprint density at radius 1 is 1.53 bits per heavy atom. The molecule has 0 bridgehead atoms. The van der Waals surface area contributed by atoms with Gasteiger partial charge in [0.25, 0.3) is 0 Å². The molecule has 1 aromatic heterocycles. The average Bonchev–Trinajstić information content (AvgIpc) is 2.91. The standard InChI is InChI=1S/C9H16N6/c1-6(9-12-14-15-13-9)11-8(10)7-4-2-3-5-7/h6-7H,2-5H2,1H3,(H2,10,11)(H,12,13,14,15). The summed E-state index contributed by atoms with van der Waals surface area (Å²) in [5.74, 6) is 1.79. The summed E-state index contributed by atoms with van der Waals surface area (Å²) in [6.07, 6.45) is 4.84. The lowest BCUT2D eigenvalue weighted by molar-refractivity contribution is 0.684. The molecule has 0 saturated heterocycles. The van der Waals surface area contributed by atoms with E-state index in [0.29, 0.717) is 11.7 Å². The molecule has 0 spiro atoms. The van der Waals surface area contributed by atoms with Crippen LogP contribution >= 0.6 is 0 Å². The van der Waals surface area contributed by atoms with Crippen LogP contribution in [0.4, 0.5) is 0 Å². The summed E-state index contributed by atoms with van der Waals surface area (Å²) < 4.78 is 0. The van der Waals surface area contributed by atoms with Crippen molar-refractivity contribution in [3.05, 3.63) is 5.82 Å². The van der Waals surface area contributed by atoms with Crippen molar-refractivity contribution in [2.75, 3.05) is 0 Å². The van der Waals surface area contributed by atoms with Gasteiger partial charge in [-0.15, -0.1) is 10.2 Å². The lowest BCUT2D eigenvalue weighted by atomic mass is 10.1. The largest absolute Gasteiger partial charge is 0.387 e. The van der Waals surface area contributed by atoms with Gasteiger partial charge in [0, 0.05) is 5.92 Å². The minimum Gasteiger partial charge on any atom is -0.387 e. The van der Waals surface area contributed by atoms with Gasteiger partial charge in [-0.1, -0.05) is 18.1 Å². The van der Waals surface area contributed by atoms with Crippen molar-refractivity contribution in [1.29, 1.82) is 0 Å². The second-order valence-corrected chi connectivity index (χ2v) is 3.98. The van der Waals surface area contributed by atoms with Crippen LogP contribution in [-0.2, 0) is 0 Å². The van der Waals surface area contributed by atoms with Crippen LogP contribution in [0.3, 0.4) is 0 Å². The highest BCUT2D eigenvalue weighted by Gasteiger charge is 2.20. The molecule has 1 aliphatic carbocycles. The van der Waals surface area contributed by atoms with Crippen molar-refractivity contribution in [3.63, 3.8) is 0 Å². The van der Waals surface area contributed by atoms with Crippen LogP contribution in [0.1, 0.15) is 44.5 Å². The number of aromatic nitrogens is 4. The Morgan fingerprint density at radius 2 is 2.27 bits per heavy atom.